The van der Waals surface area contributed by atoms with Crippen LogP contribution in [0.15, 0.2) is 18.2 Å². The van der Waals surface area contributed by atoms with Crippen molar-refractivity contribution >= 4 is 23.2 Å². The summed E-state index contributed by atoms with van der Waals surface area (Å²) in [5.41, 5.74) is 7.14. The molecule has 0 saturated carbocycles. The largest absolute Gasteiger partial charge is 0.324 e. The monoisotopic (exact) mass is 258 g/mol. The molecule has 2 unspecified atom stereocenters. The number of nitrogens with two attached hydrogens (primary N) is 1. The quantitative estimate of drug-likeness (QED) is 0.875. The Labute approximate surface area is 106 Å². The van der Waals surface area contributed by atoms with E-state index in [1.54, 1.807) is 6.07 Å². The van der Waals surface area contributed by atoms with Gasteiger partial charge in [0.25, 0.3) is 0 Å². The van der Waals surface area contributed by atoms with Crippen LogP contribution in [0.2, 0.25) is 10.0 Å². The van der Waals surface area contributed by atoms with Gasteiger partial charge in [-0.1, -0.05) is 29.3 Å². The Balaban J connectivity index is 2.04. The van der Waals surface area contributed by atoms with E-state index in [0.717, 1.165) is 18.5 Å². The zero-order valence-corrected chi connectivity index (χ0v) is 10.6. The molecule has 2 rings (SSSR count). The maximum atomic E-state index is 6.16. The summed E-state index contributed by atoms with van der Waals surface area (Å²) in [5, 5.41) is 4.76. The first-order valence-corrected chi connectivity index (χ1v) is 6.36. The number of nitrogens with one attached hydrogen (secondary N) is 1. The SMILES string of the molecule is NC(CC1CCCN1)c1ccc(Cl)cc1Cl. The second-order valence-electron chi connectivity index (χ2n) is 4.30. The van der Waals surface area contributed by atoms with E-state index in [4.69, 9.17) is 28.9 Å². The van der Waals surface area contributed by atoms with Gasteiger partial charge in [-0.2, -0.15) is 0 Å². The molecule has 16 heavy (non-hydrogen) atoms. The molecule has 0 aromatic heterocycles. The highest BCUT2D eigenvalue weighted by Crippen LogP contribution is 2.28. The van der Waals surface area contributed by atoms with E-state index >= 15 is 0 Å². The lowest BCUT2D eigenvalue weighted by Gasteiger charge is -2.18. The van der Waals surface area contributed by atoms with Gasteiger partial charge in [-0.15, -0.1) is 0 Å². The van der Waals surface area contributed by atoms with Crippen molar-refractivity contribution in [2.75, 3.05) is 6.54 Å². The predicted molar refractivity (Wildman–Crippen MR) is 69.0 cm³/mol. The fraction of sp³-hybridized carbons (Fsp3) is 0.500. The van der Waals surface area contributed by atoms with Gasteiger partial charge in [0.15, 0.2) is 0 Å². The summed E-state index contributed by atoms with van der Waals surface area (Å²) in [6.07, 6.45) is 3.38. The van der Waals surface area contributed by atoms with Gasteiger partial charge in [0.05, 0.1) is 0 Å². The number of hydrogen-bond donors (Lipinski definition) is 2. The molecule has 1 aliphatic heterocycles. The van der Waals surface area contributed by atoms with Crippen LogP contribution in [0.1, 0.15) is 30.9 Å². The normalized spacial score (nSPS) is 22.3. The molecule has 88 valence electrons. The van der Waals surface area contributed by atoms with Crippen LogP contribution in [-0.2, 0) is 0 Å². The van der Waals surface area contributed by atoms with Crippen molar-refractivity contribution in [2.24, 2.45) is 5.73 Å². The third kappa shape index (κ3) is 2.89. The van der Waals surface area contributed by atoms with Gasteiger partial charge < -0.3 is 11.1 Å². The van der Waals surface area contributed by atoms with Crippen LogP contribution in [0, 0.1) is 0 Å². The molecule has 1 fully saturated rings. The average molecular weight is 259 g/mol. The zero-order valence-electron chi connectivity index (χ0n) is 9.05. The van der Waals surface area contributed by atoms with Gasteiger partial charge in [0, 0.05) is 22.1 Å². The second kappa shape index (κ2) is 5.37. The van der Waals surface area contributed by atoms with Crippen LogP contribution < -0.4 is 11.1 Å². The summed E-state index contributed by atoms with van der Waals surface area (Å²) in [4.78, 5) is 0. The Bertz CT molecular complexity index is 362. The van der Waals surface area contributed by atoms with Crippen molar-refractivity contribution in [1.29, 1.82) is 0 Å². The third-order valence-electron chi connectivity index (χ3n) is 3.06. The summed E-state index contributed by atoms with van der Waals surface area (Å²) < 4.78 is 0. The van der Waals surface area contributed by atoms with Gasteiger partial charge in [-0.05, 0) is 43.5 Å². The molecule has 1 saturated heterocycles. The highest BCUT2D eigenvalue weighted by atomic mass is 35.5. The van der Waals surface area contributed by atoms with Crippen LogP contribution >= 0.6 is 23.2 Å². The predicted octanol–water partition coefficient (Wildman–Crippen LogP) is 3.14. The first-order chi connectivity index (χ1) is 7.66. The van der Waals surface area contributed by atoms with Crippen LogP contribution in [0.25, 0.3) is 0 Å². The molecule has 0 spiro atoms. The fourth-order valence-electron chi connectivity index (χ4n) is 2.19. The highest BCUT2D eigenvalue weighted by molar-refractivity contribution is 6.35. The lowest BCUT2D eigenvalue weighted by molar-refractivity contribution is 0.499. The molecule has 1 heterocycles. The molecular weight excluding hydrogens is 243 g/mol. The minimum Gasteiger partial charge on any atom is -0.324 e. The lowest BCUT2D eigenvalue weighted by atomic mass is 9.99. The standard InChI is InChI=1S/C12H16Cl2N2/c13-8-3-4-10(11(14)6-8)12(15)7-9-2-1-5-16-9/h3-4,6,9,12,16H,1-2,5,7,15H2. The molecule has 4 heteroatoms. The Kier molecular flexibility index (Phi) is 4.09. The average Bonchev–Trinajstić information content (AvgIpc) is 2.70. The van der Waals surface area contributed by atoms with Crippen molar-refractivity contribution in [3.05, 3.63) is 33.8 Å². The summed E-state index contributed by atoms with van der Waals surface area (Å²) in [5.74, 6) is 0. The van der Waals surface area contributed by atoms with Gasteiger partial charge in [0.1, 0.15) is 0 Å². The molecule has 0 amide bonds. The number of rotatable bonds is 3. The van der Waals surface area contributed by atoms with E-state index < -0.39 is 0 Å². The first kappa shape index (κ1) is 12.2. The van der Waals surface area contributed by atoms with Crippen LogP contribution in [0.4, 0.5) is 0 Å². The van der Waals surface area contributed by atoms with E-state index in [1.807, 2.05) is 12.1 Å². The van der Waals surface area contributed by atoms with E-state index in [-0.39, 0.29) is 6.04 Å². The lowest BCUT2D eigenvalue weighted by Crippen LogP contribution is -2.26. The number of benzene rings is 1. The maximum Gasteiger partial charge on any atom is 0.0468 e. The van der Waals surface area contributed by atoms with E-state index in [2.05, 4.69) is 5.32 Å². The Morgan fingerprint density at radius 1 is 1.44 bits per heavy atom. The Morgan fingerprint density at radius 2 is 2.25 bits per heavy atom. The number of halogens is 2. The maximum absolute atomic E-state index is 6.16. The summed E-state index contributed by atoms with van der Waals surface area (Å²) >= 11 is 12.0. The smallest absolute Gasteiger partial charge is 0.0468 e. The molecule has 0 bridgehead atoms. The minimum absolute atomic E-state index is 0.0135. The van der Waals surface area contributed by atoms with Gasteiger partial charge >= 0.3 is 0 Å². The van der Waals surface area contributed by atoms with Gasteiger partial charge in [-0.3, -0.25) is 0 Å². The summed E-state index contributed by atoms with van der Waals surface area (Å²) in [7, 11) is 0. The number of hydrogen-bond acceptors (Lipinski definition) is 2. The molecule has 2 nitrogen and oxygen atoms in total. The molecule has 1 aromatic rings. The van der Waals surface area contributed by atoms with Crippen molar-refractivity contribution in [1.82, 2.24) is 5.32 Å². The summed E-state index contributed by atoms with van der Waals surface area (Å²) in [6.45, 7) is 1.10. The minimum atomic E-state index is -0.0135. The fourth-order valence-corrected chi connectivity index (χ4v) is 2.74. The topological polar surface area (TPSA) is 38.0 Å². The highest BCUT2D eigenvalue weighted by Gasteiger charge is 2.19. The van der Waals surface area contributed by atoms with E-state index in [9.17, 15) is 0 Å². The zero-order chi connectivity index (χ0) is 11.5. The molecule has 0 radical (unpaired) electrons. The molecule has 1 aliphatic rings. The second-order valence-corrected chi connectivity index (χ2v) is 5.14. The first-order valence-electron chi connectivity index (χ1n) is 5.60. The van der Waals surface area contributed by atoms with Crippen molar-refractivity contribution in [2.45, 2.75) is 31.3 Å². The van der Waals surface area contributed by atoms with Crippen molar-refractivity contribution < 1.29 is 0 Å². The van der Waals surface area contributed by atoms with E-state index in [1.165, 1.54) is 12.8 Å². The Hall–Kier alpha value is -0.280. The summed E-state index contributed by atoms with van der Waals surface area (Å²) in [6, 6.07) is 6.03. The van der Waals surface area contributed by atoms with Crippen LogP contribution in [-0.4, -0.2) is 12.6 Å². The third-order valence-corrected chi connectivity index (χ3v) is 3.63. The Morgan fingerprint density at radius 3 is 2.88 bits per heavy atom. The van der Waals surface area contributed by atoms with Gasteiger partial charge in [-0.25, -0.2) is 0 Å². The molecule has 2 atom stereocenters. The molecule has 3 N–H and O–H groups in total. The molecular formula is C12H16Cl2N2. The van der Waals surface area contributed by atoms with E-state index in [0.29, 0.717) is 16.1 Å². The molecule has 0 aliphatic carbocycles. The van der Waals surface area contributed by atoms with Crippen LogP contribution in [0.3, 0.4) is 0 Å². The van der Waals surface area contributed by atoms with Gasteiger partial charge in [0.2, 0.25) is 0 Å². The van der Waals surface area contributed by atoms with Crippen molar-refractivity contribution in [3.63, 3.8) is 0 Å². The van der Waals surface area contributed by atoms with Crippen molar-refractivity contribution in [3.8, 4) is 0 Å². The van der Waals surface area contributed by atoms with Crippen LogP contribution in [0.5, 0.6) is 0 Å². The molecule has 1 aromatic carbocycles.